The Morgan fingerprint density at radius 1 is 1.14 bits per heavy atom. The smallest absolute Gasteiger partial charge is 0.131 e. The first-order valence-corrected chi connectivity index (χ1v) is 8.22. The van der Waals surface area contributed by atoms with Gasteiger partial charge in [0.1, 0.15) is 11.6 Å². The molecular formula is C17H17F2NOS. The fourth-order valence-corrected chi connectivity index (χ4v) is 3.86. The molecule has 22 heavy (non-hydrogen) atoms. The van der Waals surface area contributed by atoms with Crippen molar-refractivity contribution < 1.29 is 13.9 Å². The highest BCUT2D eigenvalue weighted by atomic mass is 32.2. The van der Waals surface area contributed by atoms with Crippen molar-refractivity contribution in [2.24, 2.45) is 0 Å². The van der Waals surface area contributed by atoms with Crippen LogP contribution in [0.3, 0.4) is 0 Å². The molecular weight excluding hydrogens is 304 g/mol. The lowest BCUT2D eigenvalue weighted by Crippen LogP contribution is -2.29. The minimum Gasteiger partial charge on any atom is -0.387 e. The van der Waals surface area contributed by atoms with E-state index in [0.29, 0.717) is 0 Å². The Bertz CT molecular complexity index is 645. The van der Waals surface area contributed by atoms with Gasteiger partial charge in [-0.3, -0.25) is 0 Å². The number of hydrogen-bond donors (Lipinski definition) is 2. The molecule has 2 unspecified atom stereocenters. The number of thioether (sulfide) groups is 1. The van der Waals surface area contributed by atoms with E-state index in [9.17, 15) is 13.9 Å². The Morgan fingerprint density at radius 3 is 2.64 bits per heavy atom. The second-order valence-corrected chi connectivity index (χ2v) is 6.42. The number of aliphatic hydroxyl groups excluding tert-OH is 1. The Labute approximate surface area is 132 Å². The molecule has 0 radical (unpaired) electrons. The molecule has 0 saturated heterocycles. The second-order valence-electron chi connectivity index (χ2n) is 5.29. The standard InChI is InChI=1S/C17H17F2NOS/c18-12-5-3-6-13(19)17(12)15(21)10-20-14-8-9-22-16-7-2-1-4-11(14)16/h1-7,14-15,20-21H,8-10H2. The molecule has 0 aliphatic carbocycles. The fourth-order valence-electron chi connectivity index (χ4n) is 2.74. The minimum atomic E-state index is -1.21. The summed E-state index contributed by atoms with van der Waals surface area (Å²) in [7, 11) is 0. The van der Waals surface area contributed by atoms with Crippen molar-refractivity contribution in [2.75, 3.05) is 12.3 Å². The van der Waals surface area contributed by atoms with Crippen LogP contribution < -0.4 is 5.32 Å². The van der Waals surface area contributed by atoms with E-state index in [0.717, 1.165) is 24.3 Å². The van der Waals surface area contributed by atoms with Gasteiger partial charge < -0.3 is 10.4 Å². The van der Waals surface area contributed by atoms with Gasteiger partial charge in [0, 0.05) is 17.5 Å². The van der Waals surface area contributed by atoms with Crippen molar-refractivity contribution in [1.29, 1.82) is 0 Å². The molecule has 2 aromatic carbocycles. The number of fused-ring (bicyclic) bond motifs is 1. The van der Waals surface area contributed by atoms with Crippen LogP contribution in [-0.4, -0.2) is 17.4 Å². The zero-order valence-corrected chi connectivity index (χ0v) is 12.7. The van der Waals surface area contributed by atoms with Crippen molar-refractivity contribution in [3.63, 3.8) is 0 Å². The molecule has 1 aliphatic rings. The van der Waals surface area contributed by atoms with E-state index in [4.69, 9.17) is 0 Å². The highest BCUT2D eigenvalue weighted by molar-refractivity contribution is 7.99. The first kappa shape index (κ1) is 15.5. The highest BCUT2D eigenvalue weighted by Gasteiger charge is 2.23. The maximum atomic E-state index is 13.7. The van der Waals surface area contributed by atoms with Crippen molar-refractivity contribution in [1.82, 2.24) is 5.32 Å². The summed E-state index contributed by atoms with van der Waals surface area (Å²) in [5.74, 6) is -0.443. The van der Waals surface area contributed by atoms with Gasteiger partial charge in [0.2, 0.25) is 0 Å². The van der Waals surface area contributed by atoms with Crippen LogP contribution in [0.1, 0.15) is 29.7 Å². The van der Waals surface area contributed by atoms with Crippen molar-refractivity contribution in [3.05, 3.63) is 65.2 Å². The van der Waals surface area contributed by atoms with Crippen molar-refractivity contribution in [2.45, 2.75) is 23.5 Å². The summed E-state index contributed by atoms with van der Waals surface area (Å²) in [5.41, 5.74) is 0.911. The van der Waals surface area contributed by atoms with Crippen LogP contribution in [0.4, 0.5) is 8.78 Å². The fraction of sp³-hybridized carbons (Fsp3) is 0.294. The molecule has 0 saturated carbocycles. The quantitative estimate of drug-likeness (QED) is 0.898. The SMILES string of the molecule is OC(CNC1CCSc2ccccc21)c1c(F)cccc1F. The molecule has 2 atom stereocenters. The number of benzene rings is 2. The zero-order chi connectivity index (χ0) is 15.5. The van der Waals surface area contributed by atoms with Crippen LogP contribution in [-0.2, 0) is 0 Å². The van der Waals surface area contributed by atoms with E-state index in [1.54, 1.807) is 11.8 Å². The van der Waals surface area contributed by atoms with Crippen LogP contribution in [0.2, 0.25) is 0 Å². The van der Waals surface area contributed by atoms with Gasteiger partial charge in [-0.05, 0) is 35.9 Å². The first-order chi connectivity index (χ1) is 10.7. The maximum Gasteiger partial charge on any atom is 0.131 e. The van der Waals surface area contributed by atoms with Crippen LogP contribution in [0.5, 0.6) is 0 Å². The number of rotatable bonds is 4. The zero-order valence-electron chi connectivity index (χ0n) is 11.9. The van der Waals surface area contributed by atoms with E-state index in [2.05, 4.69) is 17.4 Å². The topological polar surface area (TPSA) is 32.3 Å². The molecule has 0 spiro atoms. The van der Waals surface area contributed by atoms with Crippen molar-refractivity contribution in [3.8, 4) is 0 Å². The Balaban J connectivity index is 1.71. The molecule has 5 heteroatoms. The minimum absolute atomic E-state index is 0.0990. The third-order valence-electron chi connectivity index (χ3n) is 3.85. The lowest BCUT2D eigenvalue weighted by Gasteiger charge is -2.27. The van der Waals surface area contributed by atoms with E-state index in [1.165, 1.54) is 16.5 Å². The summed E-state index contributed by atoms with van der Waals surface area (Å²) in [4.78, 5) is 1.22. The van der Waals surface area contributed by atoms with Crippen LogP contribution in [0.25, 0.3) is 0 Å². The lowest BCUT2D eigenvalue weighted by molar-refractivity contribution is 0.160. The molecule has 0 fully saturated rings. The van der Waals surface area contributed by atoms with E-state index in [1.807, 2.05) is 12.1 Å². The third-order valence-corrected chi connectivity index (χ3v) is 4.97. The Morgan fingerprint density at radius 2 is 1.86 bits per heavy atom. The summed E-state index contributed by atoms with van der Waals surface area (Å²) in [6, 6.07) is 11.8. The van der Waals surface area contributed by atoms with Gasteiger partial charge >= 0.3 is 0 Å². The van der Waals surface area contributed by atoms with Crippen LogP contribution in [0.15, 0.2) is 47.4 Å². The normalized spacial score (nSPS) is 18.8. The van der Waals surface area contributed by atoms with E-state index >= 15 is 0 Å². The molecule has 1 aliphatic heterocycles. The molecule has 0 bridgehead atoms. The summed E-state index contributed by atoms with van der Waals surface area (Å²) in [6.45, 7) is 0.113. The molecule has 1 heterocycles. The maximum absolute atomic E-state index is 13.7. The van der Waals surface area contributed by atoms with Gasteiger partial charge in [-0.15, -0.1) is 11.8 Å². The van der Waals surface area contributed by atoms with Crippen LogP contribution in [0, 0.1) is 11.6 Å². The average molecular weight is 321 g/mol. The summed E-state index contributed by atoms with van der Waals surface area (Å²) < 4.78 is 27.3. The van der Waals surface area contributed by atoms with E-state index in [-0.39, 0.29) is 18.2 Å². The third kappa shape index (κ3) is 3.16. The predicted octanol–water partition coefficient (Wildman–Crippen LogP) is 3.82. The monoisotopic (exact) mass is 321 g/mol. The highest BCUT2D eigenvalue weighted by Crippen LogP contribution is 2.36. The summed E-state index contributed by atoms with van der Waals surface area (Å²) in [6.07, 6.45) is -0.281. The van der Waals surface area contributed by atoms with Gasteiger partial charge in [0.15, 0.2) is 0 Å². The number of aliphatic hydroxyl groups is 1. The molecule has 2 aromatic rings. The summed E-state index contributed by atoms with van der Waals surface area (Å²) in [5, 5.41) is 13.3. The first-order valence-electron chi connectivity index (χ1n) is 7.24. The van der Waals surface area contributed by atoms with Gasteiger partial charge in [-0.1, -0.05) is 24.3 Å². The molecule has 2 nitrogen and oxygen atoms in total. The predicted molar refractivity (Wildman–Crippen MR) is 83.8 cm³/mol. The Kier molecular flexibility index (Phi) is 4.76. The van der Waals surface area contributed by atoms with Gasteiger partial charge in [0.25, 0.3) is 0 Å². The lowest BCUT2D eigenvalue weighted by atomic mass is 10.0. The van der Waals surface area contributed by atoms with E-state index < -0.39 is 17.7 Å². The van der Waals surface area contributed by atoms with Crippen molar-refractivity contribution >= 4 is 11.8 Å². The van der Waals surface area contributed by atoms with Gasteiger partial charge in [0.05, 0.1) is 11.7 Å². The second kappa shape index (κ2) is 6.77. The molecule has 0 aromatic heterocycles. The summed E-state index contributed by atoms with van der Waals surface area (Å²) >= 11 is 1.81. The number of halogens is 2. The average Bonchev–Trinajstić information content (AvgIpc) is 2.52. The number of hydrogen-bond acceptors (Lipinski definition) is 3. The molecule has 116 valence electrons. The van der Waals surface area contributed by atoms with Crippen LogP contribution >= 0.6 is 11.8 Å². The molecule has 0 amide bonds. The number of nitrogens with one attached hydrogen (secondary N) is 1. The largest absolute Gasteiger partial charge is 0.387 e. The Hall–Kier alpha value is -1.43. The molecule has 2 N–H and O–H groups in total. The van der Waals surface area contributed by atoms with Gasteiger partial charge in [-0.2, -0.15) is 0 Å². The van der Waals surface area contributed by atoms with Gasteiger partial charge in [-0.25, -0.2) is 8.78 Å². The molecule has 3 rings (SSSR count).